The van der Waals surface area contributed by atoms with Gasteiger partial charge >= 0.3 is 0 Å². The molecule has 0 N–H and O–H groups in total. The van der Waals surface area contributed by atoms with Gasteiger partial charge in [-0.05, 0) is 48.9 Å². The van der Waals surface area contributed by atoms with Crippen molar-refractivity contribution in [3.8, 4) is 5.75 Å². The second-order valence-electron chi connectivity index (χ2n) is 8.30. The smallest absolute Gasteiger partial charge is 0.253 e. The zero-order chi connectivity index (χ0) is 20.9. The van der Waals surface area contributed by atoms with E-state index in [2.05, 4.69) is 4.90 Å². The number of ketones is 1. The predicted octanol–water partition coefficient (Wildman–Crippen LogP) is 4.32. The van der Waals surface area contributed by atoms with Crippen LogP contribution in [0.1, 0.15) is 40.0 Å². The lowest BCUT2D eigenvalue weighted by Gasteiger charge is -2.40. The first-order chi connectivity index (χ1) is 14.4. The summed E-state index contributed by atoms with van der Waals surface area (Å²) in [6.07, 6.45) is 2.25. The second kappa shape index (κ2) is 7.56. The van der Waals surface area contributed by atoms with E-state index in [1.54, 1.807) is 42.5 Å². The number of ether oxygens (including phenoxy) is 1. The first kappa shape index (κ1) is 19.9. The molecule has 156 valence electrons. The highest BCUT2D eigenvalue weighted by Gasteiger charge is 2.50. The van der Waals surface area contributed by atoms with Gasteiger partial charge in [0.1, 0.15) is 5.75 Å². The van der Waals surface area contributed by atoms with Crippen molar-refractivity contribution >= 4 is 34.9 Å². The number of rotatable bonds is 2. The molecule has 0 unspecified atom stereocenters. The summed E-state index contributed by atoms with van der Waals surface area (Å²) in [5.74, 6) is 0.714. The van der Waals surface area contributed by atoms with Crippen molar-refractivity contribution in [2.75, 3.05) is 26.2 Å². The molecule has 0 aliphatic carbocycles. The summed E-state index contributed by atoms with van der Waals surface area (Å²) in [5.41, 5.74) is 0.536. The average molecular weight is 445 g/mol. The molecule has 7 heteroatoms. The van der Waals surface area contributed by atoms with Crippen LogP contribution in [0.25, 0.3) is 0 Å². The van der Waals surface area contributed by atoms with Crippen molar-refractivity contribution in [3.63, 3.8) is 0 Å². The Hall–Kier alpha value is -2.08. The maximum absolute atomic E-state index is 13.0. The zero-order valence-electron chi connectivity index (χ0n) is 16.4. The molecule has 2 fully saturated rings. The summed E-state index contributed by atoms with van der Waals surface area (Å²) in [6.45, 7) is 3.01. The Kier molecular flexibility index (Phi) is 5.00. The van der Waals surface area contributed by atoms with Gasteiger partial charge in [-0.1, -0.05) is 23.2 Å². The first-order valence-electron chi connectivity index (χ1n) is 10.3. The van der Waals surface area contributed by atoms with E-state index in [4.69, 9.17) is 27.9 Å². The number of hydrogen-bond acceptors (Lipinski definition) is 4. The predicted molar refractivity (Wildman–Crippen MR) is 116 cm³/mol. The molecule has 5 nitrogen and oxygen atoms in total. The van der Waals surface area contributed by atoms with Gasteiger partial charge in [0.15, 0.2) is 5.60 Å². The van der Waals surface area contributed by atoms with Crippen LogP contribution in [0.5, 0.6) is 5.75 Å². The van der Waals surface area contributed by atoms with Gasteiger partial charge in [0.25, 0.3) is 5.91 Å². The molecule has 1 amide bonds. The van der Waals surface area contributed by atoms with Crippen LogP contribution in [0, 0.1) is 0 Å². The summed E-state index contributed by atoms with van der Waals surface area (Å²) >= 11 is 12.0. The SMILES string of the molecule is O=C(c1ccc(Cl)cc1)N1CC[C@H](N2CCC3(CC2)Oc2cc(Cl)ccc2C3=O)C1. The summed E-state index contributed by atoms with van der Waals surface area (Å²) in [7, 11) is 0. The number of nitrogens with zero attached hydrogens (tertiary/aromatic N) is 2. The highest BCUT2D eigenvalue weighted by atomic mass is 35.5. The molecule has 0 aromatic heterocycles. The molecule has 2 aromatic rings. The van der Waals surface area contributed by atoms with E-state index in [0.717, 1.165) is 26.1 Å². The average Bonchev–Trinajstić information content (AvgIpc) is 3.33. The number of Topliss-reactive ketones (excluding diaryl/α,β-unsaturated/α-hetero) is 1. The molecular weight excluding hydrogens is 423 g/mol. The third-order valence-corrected chi connectivity index (χ3v) is 7.06. The minimum absolute atomic E-state index is 0.0456. The molecule has 0 bridgehead atoms. The maximum Gasteiger partial charge on any atom is 0.253 e. The van der Waals surface area contributed by atoms with Gasteiger partial charge in [0.05, 0.1) is 5.56 Å². The number of carbonyl (C=O) groups excluding carboxylic acids is 2. The number of halogens is 2. The summed E-state index contributed by atoms with van der Waals surface area (Å²) in [4.78, 5) is 30.1. The molecule has 1 atom stereocenters. The quantitative estimate of drug-likeness (QED) is 0.691. The standard InChI is InChI=1S/C23H22Cl2N2O3/c24-16-3-1-15(2-4-16)22(29)27-10-7-18(14-27)26-11-8-23(9-12-26)21(28)19-6-5-17(25)13-20(19)30-23/h1-6,13,18H,7-12,14H2/t18-/m0/s1. The lowest BCUT2D eigenvalue weighted by Crippen LogP contribution is -2.53. The van der Waals surface area contributed by atoms with Crippen molar-refractivity contribution in [2.24, 2.45) is 0 Å². The molecule has 2 aromatic carbocycles. The van der Waals surface area contributed by atoms with Gasteiger partial charge < -0.3 is 9.64 Å². The van der Waals surface area contributed by atoms with Crippen molar-refractivity contribution in [1.82, 2.24) is 9.80 Å². The molecule has 0 saturated carbocycles. The van der Waals surface area contributed by atoms with E-state index in [-0.39, 0.29) is 11.7 Å². The monoisotopic (exact) mass is 444 g/mol. The van der Waals surface area contributed by atoms with E-state index >= 15 is 0 Å². The molecular formula is C23H22Cl2N2O3. The maximum atomic E-state index is 13.0. The Morgan fingerprint density at radius 1 is 1.00 bits per heavy atom. The van der Waals surface area contributed by atoms with Gasteiger partial charge in [-0.3, -0.25) is 14.5 Å². The van der Waals surface area contributed by atoms with E-state index < -0.39 is 5.60 Å². The number of hydrogen-bond donors (Lipinski definition) is 0. The minimum Gasteiger partial charge on any atom is -0.478 e. The molecule has 3 aliphatic rings. The fraction of sp³-hybridized carbons (Fsp3) is 0.391. The third kappa shape index (κ3) is 3.39. The second-order valence-corrected chi connectivity index (χ2v) is 9.18. The Bertz CT molecular complexity index is 1000. The highest BCUT2D eigenvalue weighted by Crippen LogP contribution is 2.42. The van der Waals surface area contributed by atoms with E-state index in [9.17, 15) is 9.59 Å². The van der Waals surface area contributed by atoms with Crippen molar-refractivity contribution < 1.29 is 14.3 Å². The number of fused-ring (bicyclic) bond motifs is 1. The van der Waals surface area contributed by atoms with Crippen LogP contribution in [-0.2, 0) is 0 Å². The Balaban J connectivity index is 1.21. The number of carbonyl (C=O) groups is 2. The summed E-state index contributed by atoms with van der Waals surface area (Å²) < 4.78 is 6.13. The fourth-order valence-corrected chi connectivity index (χ4v) is 5.14. The van der Waals surface area contributed by atoms with Gasteiger partial charge in [-0.25, -0.2) is 0 Å². The van der Waals surface area contributed by atoms with Crippen LogP contribution in [0.15, 0.2) is 42.5 Å². The van der Waals surface area contributed by atoms with E-state index in [0.29, 0.717) is 52.3 Å². The molecule has 2 saturated heterocycles. The lowest BCUT2D eigenvalue weighted by molar-refractivity contribution is 0.0115. The Morgan fingerprint density at radius 3 is 2.43 bits per heavy atom. The summed E-state index contributed by atoms with van der Waals surface area (Å²) in [6, 6.07) is 12.6. The van der Waals surface area contributed by atoms with Crippen LogP contribution < -0.4 is 4.74 Å². The van der Waals surface area contributed by atoms with E-state index in [1.165, 1.54) is 0 Å². The van der Waals surface area contributed by atoms with E-state index in [1.807, 2.05) is 4.90 Å². The van der Waals surface area contributed by atoms with Crippen LogP contribution >= 0.6 is 23.2 Å². The molecule has 1 spiro atoms. The minimum atomic E-state index is -0.763. The van der Waals surface area contributed by atoms with Gasteiger partial charge in [0, 0.05) is 60.7 Å². The molecule has 3 aliphatic heterocycles. The Labute approximate surface area is 185 Å². The van der Waals surface area contributed by atoms with Crippen LogP contribution in [0.4, 0.5) is 0 Å². The molecule has 3 heterocycles. The number of benzene rings is 2. The largest absolute Gasteiger partial charge is 0.478 e. The van der Waals surface area contributed by atoms with Crippen LogP contribution in [-0.4, -0.2) is 59.3 Å². The highest BCUT2D eigenvalue weighted by molar-refractivity contribution is 6.31. The number of amides is 1. The number of piperidine rings is 1. The third-order valence-electron chi connectivity index (χ3n) is 6.57. The fourth-order valence-electron chi connectivity index (χ4n) is 4.85. The molecule has 30 heavy (non-hydrogen) atoms. The van der Waals surface area contributed by atoms with Crippen LogP contribution in [0.2, 0.25) is 10.0 Å². The molecule has 0 radical (unpaired) electrons. The van der Waals surface area contributed by atoms with Gasteiger partial charge in [0.2, 0.25) is 5.78 Å². The summed E-state index contributed by atoms with van der Waals surface area (Å²) in [5, 5.41) is 1.20. The van der Waals surface area contributed by atoms with Crippen molar-refractivity contribution in [3.05, 3.63) is 63.6 Å². The topological polar surface area (TPSA) is 49.9 Å². The lowest BCUT2D eigenvalue weighted by atomic mass is 9.85. The van der Waals surface area contributed by atoms with Gasteiger partial charge in [-0.15, -0.1) is 0 Å². The number of likely N-dealkylation sites (tertiary alicyclic amines) is 2. The Morgan fingerprint density at radius 2 is 1.70 bits per heavy atom. The van der Waals surface area contributed by atoms with Gasteiger partial charge in [-0.2, -0.15) is 0 Å². The molecule has 5 rings (SSSR count). The zero-order valence-corrected chi connectivity index (χ0v) is 18.0. The normalized spacial score (nSPS) is 22.9. The first-order valence-corrected chi connectivity index (χ1v) is 11.0. The van der Waals surface area contributed by atoms with Crippen molar-refractivity contribution in [1.29, 1.82) is 0 Å². The van der Waals surface area contributed by atoms with Crippen LogP contribution in [0.3, 0.4) is 0 Å². The van der Waals surface area contributed by atoms with Crippen molar-refractivity contribution in [2.45, 2.75) is 30.9 Å².